The molecule has 0 spiro atoms. The van der Waals surface area contributed by atoms with Gasteiger partial charge < -0.3 is 9.26 Å². The molecule has 0 amide bonds. The van der Waals surface area contributed by atoms with Gasteiger partial charge in [-0.25, -0.2) is 0 Å². The smallest absolute Gasteiger partial charge is 0.313 e. The van der Waals surface area contributed by atoms with E-state index in [1.165, 1.54) is 0 Å². The second-order valence-corrected chi connectivity index (χ2v) is 3.68. The van der Waals surface area contributed by atoms with Crippen LogP contribution in [0.2, 0.25) is 0 Å². The van der Waals surface area contributed by atoms with Crippen molar-refractivity contribution < 1.29 is 14.1 Å². The zero-order valence-electron chi connectivity index (χ0n) is 10.2. The van der Waals surface area contributed by atoms with Gasteiger partial charge in [-0.05, 0) is 26.0 Å². The Balaban J connectivity index is 2.13. The molecule has 0 unspecified atom stereocenters. The summed E-state index contributed by atoms with van der Waals surface area (Å²) in [4.78, 5) is 19.5. The molecule has 0 aliphatic heterocycles. The molecular weight excluding hydrogens is 234 g/mol. The lowest BCUT2D eigenvalue weighted by molar-refractivity contribution is -0.142. The van der Waals surface area contributed by atoms with Gasteiger partial charge in [-0.15, -0.1) is 0 Å². The monoisotopic (exact) mass is 247 g/mol. The molecule has 0 saturated carbocycles. The molecule has 2 heterocycles. The summed E-state index contributed by atoms with van der Waals surface area (Å²) in [6.07, 6.45) is 1.68. The summed E-state index contributed by atoms with van der Waals surface area (Å²) in [6.45, 7) is 3.96. The number of pyridine rings is 1. The predicted molar refractivity (Wildman–Crippen MR) is 62.6 cm³/mol. The normalized spacial score (nSPS) is 10.3. The van der Waals surface area contributed by atoms with Crippen LogP contribution in [-0.4, -0.2) is 27.7 Å². The third-order valence-electron chi connectivity index (χ3n) is 2.22. The van der Waals surface area contributed by atoms with Crippen molar-refractivity contribution >= 4 is 5.97 Å². The van der Waals surface area contributed by atoms with E-state index in [-0.39, 0.29) is 12.4 Å². The number of hydrogen-bond acceptors (Lipinski definition) is 6. The van der Waals surface area contributed by atoms with Crippen molar-refractivity contribution in [2.45, 2.75) is 20.3 Å². The van der Waals surface area contributed by atoms with Crippen molar-refractivity contribution in [2.24, 2.45) is 0 Å². The second kappa shape index (κ2) is 5.39. The maximum atomic E-state index is 11.3. The zero-order chi connectivity index (χ0) is 13.0. The molecule has 0 fully saturated rings. The van der Waals surface area contributed by atoms with Crippen LogP contribution in [0.1, 0.15) is 18.4 Å². The Kier molecular flexibility index (Phi) is 3.66. The highest BCUT2D eigenvalue weighted by atomic mass is 16.5. The number of nitrogens with zero attached hydrogens (tertiary/aromatic N) is 3. The van der Waals surface area contributed by atoms with E-state index in [9.17, 15) is 4.79 Å². The van der Waals surface area contributed by atoms with Crippen molar-refractivity contribution in [2.75, 3.05) is 6.61 Å². The van der Waals surface area contributed by atoms with Crippen LogP contribution in [0, 0.1) is 6.92 Å². The fraction of sp³-hybridized carbons (Fsp3) is 0.333. The third kappa shape index (κ3) is 2.91. The lowest BCUT2D eigenvalue weighted by atomic mass is 10.2. The molecule has 0 aliphatic rings. The highest BCUT2D eigenvalue weighted by molar-refractivity contribution is 5.71. The zero-order valence-corrected chi connectivity index (χ0v) is 10.2. The number of aromatic nitrogens is 3. The molecule has 6 heteroatoms. The SMILES string of the molecule is CCOC(=O)Cc1noc(-c2ccnc(C)c2)n1. The lowest BCUT2D eigenvalue weighted by Crippen LogP contribution is -2.08. The Morgan fingerprint density at radius 2 is 2.33 bits per heavy atom. The molecule has 0 aromatic carbocycles. The van der Waals surface area contributed by atoms with Gasteiger partial charge in [0, 0.05) is 17.5 Å². The Bertz CT molecular complexity index is 551. The van der Waals surface area contributed by atoms with E-state index >= 15 is 0 Å². The molecule has 0 saturated heterocycles. The molecule has 0 radical (unpaired) electrons. The van der Waals surface area contributed by atoms with Gasteiger partial charge in [0.1, 0.15) is 6.42 Å². The van der Waals surface area contributed by atoms with Gasteiger partial charge in [-0.3, -0.25) is 9.78 Å². The summed E-state index contributed by atoms with van der Waals surface area (Å²) in [5, 5.41) is 3.74. The molecule has 2 aromatic rings. The minimum Gasteiger partial charge on any atom is -0.466 e. The number of rotatable bonds is 4. The van der Waals surface area contributed by atoms with Crippen LogP contribution in [-0.2, 0) is 16.0 Å². The highest BCUT2D eigenvalue weighted by Gasteiger charge is 2.13. The van der Waals surface area contributed by atoms with Crippen molar-refractivity contribution in [3.63, 3.8) is 0 Å². The van der Waals surface area contributed by atoms with Crippen molar-refractivity contribution in [1.29, 1.82) is 0 Å². The van der Waals surface area contributed by atoms with E-state index in [4.69, 9.17) is 9.26 Å². The van der Waals surface area contributed by atoms with Gasteiger partial charge in [0.2, 0.25) is 0 Å². The molecule has 6 nitrogen and oxygen atoms in total. The molecule has 94 valence electrons. The standard InChI is InChI=1S/C12H13N3O3/c1-3-17-11(16)7-10-14-12(18-15-10)9-4-5-13-8(2)6-9/h4-6H,3,7H2,1-2H3. The summed E-state index contributed by atoms with van der Waals surface area (Å²) in [7, 11) is 0. The van der Waals surface area contributed by atoms with Crippen molar-refractivity contribution in [1.82, 2.24) is 15.1 Å². The number of esters is 1. The number of ether oxygens (including phenoxy) is 1. The van der Waals surface area contributed by atoms with Crippen LogP contribution < -0.4 is 0 Å². The Hall–Kier alpha value is -2.24. The van der Waals surface area contributed by atoms with Gasteiger partial charge in [0.15, 0.2) is 5.82 Å². The maximum absolute atomic E-state index is 11.3. The molecular formula is C12H13N3O3. The first-order valence-corrected chi connectivity index (χ1v) is 5.60. The van der Waals surface area contributed by atoms with Crippen LogP contribution in [0.5, 0.6) is 0 Å². The fourth-order valence-electron chi connectivity index (χ4n) is 1.46. The largest absolute Gasteiger partial charge is 0.466 e. The summed E-state index contributed by atoms with van der Waals surface area (Å²) in [6, 6.07) is 3.61. The van der Waals surface area contributed by atoms with Gasteiger partial charge in [-0.1, -0.05) is 5.16 Å². The van der Waals surface area contributed by atoms with Crippen molar-refractivity contribution in [3.8, 4) is 11.5 Å². The van der Waals surface area contributed by atoms with E-state index in [0.717, 1.165) is 11.3 Å². The summed E-state index contributed by atoms with van der Waals surface area (Å²) < 4.78 is 9.90. The van der Waals surface area contributed by atoms with E-state index in [0.29, 0.717) is 18.3 Å². The average molecular weight is 247 g/mol. The lowest BCUT2D eigenvalue weighted by Gasteiger charge is -1.96. The summed E-state index contributed by atoms with van der Waals surface area (Å²) in [5.74, 6) is 0.327. The summed E-state index contributed by atoms with van der Waals surface area (Å²) in [5.41, 5.74) is 1.64. The van der Waals surface area contributed by atoms with E-state index < -0.39 is 0 Å². The Morgan fingerprint density at radius 1 is 1.50 bits per heavy atom. The van der Waals surface area contributed by atoms with Crippen LogP contribution in [0.25, 0.3) is 11.5 Å². The fourth-order valence-corrected chi connectivity index (χ4v) is 1.46. The topological polar surface area (TPSA) is 78.1 Å². The average Bonchev–Trinajstić information content (AvgIpc) is 2.78. The van der Waals surface area contributed by atoms with E-state index in [2.05, 4.69) is 15.1 Å². The minimum absolute atomic E-state index is 0.0153. The predicted octanol–water partition coefficient (Wildman–Crippen LogP) is 1.55. The van der Waals surface area contributed by atoms with Gasteiger partial charge >= 0.3 is 5.97 Å². The van der Waals surface area contributed by atoms with Crippen molar-refractivity contribution in [3.05, 3.63) is 29.8 Å². The molecule has 2 rings (SSSR count). The first-order chi connectivity index (χ1) is 8.69. The molecule has 0 aliphatic carbocycles. The highest BCUT2D eigenvalue weighted by Crippen LogP contribution is 2.17. The number of hydrogen-bond donors (Lipinski definition) is 0. The number of aryl methyl sites for hydroxylation is 1. The minimum atomic E-state index is -0.365. The first-order valence-electron chi connectivity index (χ1n) is 5.60. The Labute approximate surface area is 104 Å². The summed E-state index contributed by atoms with van der Waals surface area (Å²) >= 11 is 0. The van der Waals surface area contributed by atoms with E-state index in [1.807, 2.05) is 13.0 Å². The third-order valence-corrected chi connectivity index (χ3v) is 2.22. The molecule has 0 N–H and O–H groups in total. The van der Waals surface area contributed by atoms with Gasteiger partial charge in [0.05, 0.1) is 6.61 Å². The quantitative estimate of drug-likeness (QED) is 0.763. The first kappa shape index (κ1) is 12.2. The van der Waals surface area contributed by atoms with Crippen LogP contribution in [0.15, 0.2) is 22.9 Å². The van der Waals surface area contributed by atoms with Gasteiger partial charge in [0.25, 0.3) is 5.89 Å². The number of carbonyl (C=O) groups excluding carboxylic acids is 1. The molecule has 0 atom stereocenters. The maximum Gasteiger partial charge on any atom is 0.313 e. The second-order valence-electron chi connectivity index (χ2n) is 3.68. The molecule has 18 heavy (non-hydrogen) atoms. The molecule has 2 aromatic heterocycles. The van der Waals surface area contributed by atoms with Crippen LogP contribution >= 0.6 is 0 Å². The Morgan fingerprint density at radius 3 is 3.06 bits per heavy atom. The van der Waals surface area contributed by atoms with E-state index in [1.54, 1.807) is 19.2 Å². The number of carbonyl (C=O) groups is 1. The molecule has 0 bridgehead atoms. The van der Waals surface area contributed by atoms with Crippen LogP contribution in [0.3, 0.4) is 0 Å². The van der Waals surface area contributed by atoms with Crippen LogP contribution in [0.4, 0.5) is 0 Å². The van der Waals surface area contributed by atoms with Gasteiger partial charge in [-0.2, -0.15) is 4.98 Å².